The third-order valence-corrected chi connectivity index (χ3v) is 4.44. The van der Waals surface area contributed by atoms with Crippen molar-refractivity contribution in [2.45, 2.75) is 13.3 Å². The summed E-state index contributed by atoms with van der Waals surface area (Å²) in [5.41, 5.74) is 0.317. The number of ketones is 1. The van der Waals surface area contributed by atoms with Gasteiger partial charge in [0.2, 0.25) is 5.95 Å². The van der Waals surface area contributed by atoms with Crippen molar-refractivity contribution < 1.29 is 14.6 Å². The quantitative estimate of drug-likeness (QED) is 0.600. The van der Waals surface area contributed by atoms with Crippen LogP contribution in [-0.4, -0.2) is 65.1 Å². The molecule has 0 saturated carbocycles. The lowest BCUT2D eigenvalue weighted by Crippen LogP contribution is -2.47. The van der Waals surface area contributed by atoms with Crippen LogP contribution in [-0.2, 0) is 0 Å². The largest absolute Gasteiger partial charge is 0.507 e. The fourth-order valence-corrected chi connectivity index (χ4v) is 3.00. The van der Waals surface area contributed by atoms with Crippen LogP contribution in [0, 0.1) is 0 Å². The molecule has 26 heavy (non-hydrogen) atoms. The highest BCUT2D eigenvalue weighted by Crippen LogP contribution is 2.24. The maximum Gasteiger partial charge on any atom is 0.225 e. The van der Waals surface area contributed by atoms with E-state index in [1.165, 1.54) is 13.0 Å². The van der Waals surface area contributed by atoms with Crippen molar-refractivity contribution in [3.63, 3.8) is 0 Å². The second-order valence-electron chi connectivity index (χ2n) is 6.31. The van der Waals surface area contributed by atoms with Crippen molar-refractivity contribution >= 4 is 11.7 Å². The van der Waals surface area contributed by atoms with Crippen molar-refractivity contribution in [3.05, 3.63) is 42.2 Å². The minimum absolute atomic E-state index is 0.0331. The van der Waals surface area contributed by atoms with Crippen LogP contribution < -0.4 is 9.64 Å². The molecule has 0 atom stereocenters. The van der Waals surface area contributed by atoms with Gasteiger partial charge in [0.15, 0.2) is 5.78 Å². The summed E-state index contributed by atoms with van der Waals surface area (Å²) in [6, 6.07) is 6.63. The van der Waals surface area contributed by atoms with E-state index in [-0.39, 0.29) is 11.5 Å². The predicted octanol–water partition coefficient (Wildman–Crippen LogP) is 1.98. The molecule has 1 fully saturated rings. The maximum absolute atomic E-state index is 11.3. The molecule has 1 aromatic carbocycles. The lowest BCUT2D eigenvalue weighted by atomic mass is 10.1. The van der Waals surface area contributed by atoms with E-state index in [0.717, 1.165) is 45.1 Å². The van der Waals surface area contributed by atoms with E-state index in [1.54, 1.807) is 24.5 Å². The number of phenolic OH excluding ortho intramolecular Hbond substituents is 1. The first-order valence-corrected chi connectivity index (χ1v) is 8.84. The molecule has 3 rings (SSSR count). The lowest BCUT2D eigenvalue weighted by molar-refractivity contribution is 0.101. The Hall–Kier alpha value is -2.67. The van der Waals surface area contributed by atoms with Crippen molar-refractivity contribution in [2.75, 3.05) is 44.2 Å². The van der Waals surface area contributed by atoms with Crippen LogP contribution in [0.15, 0.2) is 36.7 Å². The number of carbonyl (C=O) groups is 1. The molecule has 0 spiro atoms. The minimum atomic E-state index is -0.158. The zero-order valence-electron chi connectivity index (χ0n) is 15.0. The summed E-state index contributed by atoms with van der Waals surface area (Å²) >= 11 is 0. The summed E-state index contributed by atoms with van der Waals surface area (Å²) < 4.78 is 5.67. The molecule has 1 saturated heterocycles. The second kappa shape index (κ2) is 8.62. The summed E-state index contributed by atoms with van der Waals surface area (Å²) in [5, 5.41) is 9.82. The lowest BCUT2D eigenvalue weighted by Gasteiger charge is -2.34. The van der Waals surface area contributed by atoms with Gasteiger partial charge in [-0.25, -0.2) is 9.97 Å². The van der Waals surface area contributed by atoms with Crippen LogP contribution in [0.2, 0.25) is 0 Å². The molecular formula is C19H24N4O3. The number of carbonyl (C=O) groups excluding carboxylic acids is 1. The maximum atomic E-state index is 11.3. The number of ether oxygens (including phenoxy) is 1. The summed E-state index contributed by atoms with van der Waals surface area (Å²) in [4.78, 5) is 24.5. The van der Waals surface area contributed by atoms with Crippen molar-refractivity contribution in [1.82, 2.24) is 14.9 Å². The summed E-state index contributed by atoms with van der Waals surface area (Å²) in [5.74, 6) is 1.19. The Balaban J connectivity index is 1.37. The van der Waals surface area contributed by atoms with Crippen LogP contribution in [0.4, 0.5) is 5.95 Å². The fourth-order valence-electron chi connectivity index (χ4n) is 3.00. The molecule has 0 amide bonds. The topological polar surface area (TPSA) is 78.8 Å². The number of rotatable bonds is 7. The first kappa shape index (κ1) is 18.1. The molecule has 0 unspecified atom stereocenters. The molecule has 7 heteroatoms. The van der Waals surface area contributed by atoms with E-state index in [0.29, 0.717) is 17.9 Å². The van der Waals surface area contributed by atoms with E-state index >= 15 is 0 Å². The number of nitrogens with zero attached hydrogens (tertiary/aromatic N) is 4. The molecule has 1 N–H and O–H groups in total. The van der Waals surface area contributed by atoms with Crippen LogP contribution in [0.5, 0.6) is 11.5 Å². The zero-order chi connectivity index (χ0) is 18.4. The Kier molecular flexibility index (Phi) is 6.01. The van der Waals surface area contributed by atoms with Gasteiger partial charge in [0, 0.05) is 51.2 Å². The van der Waals surface area contributed by atoms with Gasteiger partial charge >= 0.3 is 0 Å². The predicted molar refractivity (Wildman–Crippen MR) is 98.9 cm³/mol. The van der Waals surface area contributed by atoms with Crippen LogP contribution >= 0.6 is 0 Å². The van der Waals surface area contributed by atoms with Gasteiger partial charge in [0.05, 0.1) is 12.2 Å². The Morgan fingerprint density at radius 2 is 1.92 bits per heavy atom. The van der Waals surface area contributed by atoms with E-state index < -0.39 is 0 Å². The molecule has 2 aromatic rings. The highest BCUT2D eigenvalue weighted by molar-refractivity contribution is 5.96. The first-order chi connectivity index (χ1) is 12.6. The number of Topliss-reactive ketones (excluding diaryl/α,β-unsaturated/α-hetero) is 1. The molecule has 138 valence electrons. The van der Waals surface area contributed by atoms with E-state index in [9.17, 15) is 9.90 Å². The molecular weight excluding hydrogens is 332 g/mol. The van der Waals surface area contributed by atoms with Crippen LogP contribution in [0.25, 0.3) is 0 Å². The van der Waals surface area contributed by atoms with Gasteiger partial charge in [-0.1, -0.05) is 0 Å². The number of aromatic hydroxyl groups is 1. The molecule has 2 heterocycles. The summed E-state index contributed by atoms with van der Waals surface area (Å²) in [6.45, 7) is 6.76. The van der Waals surface area contributed by atoms with Gasteiger partial charge in [-0.15, -0.1) is 0 Å². The SMILES string of the molecule is CC(=O)c1ccc(OCCCN2CCN(c3ncccn3)CC2)cc1O. The van der Waals surface area contributed by atoms with Gasteiger partial charge in [-0.3, -0.25) is 9.69 Å². The number of anilines is 1. The van der Waals surface area contributed by atoms with Gasteiger partial charge in [-0.05, 0) is 31.5 Å². The Bertz CT molecular complexity index is 731. The number of hydrogen-bond donors (Lipinski definition) is 1. The second-order valence-corrected chi connectivity index (χ2v) is 6.31. The molecule has 1 aliphatic rings. The van der Waals surface area contributed by atoms with E-state index in [2.05, 4.69) is 19.8 Å². The number of hydrogen-bond acceptors (Lipinski definition) is 7. The number of benzene rings is 1. The minimum Gasteiger partial charge on any atom is -0.507 e. The summed E-state index contributed by atoms with van der Waals surface area (Å²) in [6.07, 6.45) is 4.44. The third-order valence-electron chi connectivity index (χ3n) is 4.44. The van der Waals surface area contributed by atoms with E-state index in [1.807, 2.05) is 6.07 Å². The Morgan fingerprint density at radius 1 is 1.19 bits per heavy atom. The van der Waals surface area contributed by atoms with Gasteiger partial charge < -0.3 is 14.7 Å². The van der Waals surface area contributed by atoms with Crippen LogP contribution in [0.3, 0.4) is 0 Å². The first-order valence-electron chi connectivity index (χ1n) is 8.84. The normalized spacial score (nSPS) is 15.0. The standard InChI is InChI=1S/C19H24N4O3/c1-15(24)17-5-4-16(14-18(17)25)26-13-3-8-22-9-11-23(12-10-22)19-20-6-2-7-21-19/h2,4-7,14,25H,3,8-13H2,1H3. The molecule has 1 aromatic heterocycles. The number of phenols is 1. The highest BCUT2D eigenvalue weighted by Gasteiger charge is 2.18. The monoisotopic (exact) mass is 356 g/mol. The Morgan fingerprint density at radius 3 is 2.58 bits per heavy atom. The highest BCUT2D eigenvalue weighted by atomic mass is 16.5. The number of piperazine rings is 1. The van der Waals surface area contributed by atoms with Gasteiger partial charge in [-0.2, -0.15) is 0 Å². The van der Waals surface area contributed by atoms with Crippen molar-refractivity contribution in [1.29, 1.82) is 0 Å². The molecule has 0 radical (unpaired) electrons. The van der Waals surface area contributed by atoms with Gasteiger partial charge in [0.1, 0.15) is 11.5 Å². The smallest absolute Gasteiger partial charge is 0.225 e. The van der Waals surface area contributed by atoms with Crippen molar-refractivity contribution in [2.24, 2.45) is 0 Å². The zero-order valence-corrected chi connectivity index (χ0v) is 15.0. The van der Waals surface area contributed by atoms with Crippen molar-refractivity contribution in [3.8, 4) is 11.5 Å². The van der Waals surface area contributed by atoms with Crippen LogP contribution in [0.1, 0.15) is 23.7 Å². The average molecular weight is 356 g/mol. The fraction of sp³-hybridized carbons (Fsp3) is 0.421. The number of aromatic nitrogens is 2. The van der Waals surface area contributed by atoms with E-state index in [4.69, 9.17) is 4.74 Å². The van der Waals surface area contributed by atoms with Gasteiger partial charge in [0.25, 0.3) is 0 Å². The average Bonchev–Trinajstić information content (AvgIpc) is 2.66. The Labute approximate surface area is 153 Å². The molecule has 0 bridgehead atoms. The third kappa shape index (κ3) is 4.70. The summed E-state index contributed by atoms with van der Waals surface area (Å²) in [7, 11) is 0. The molecule has 1 aliphatic heterocycles. The molecule has 7 nitrogen and oxygen atoms in total. The molecule has 0 aliphatic carbocycles.